The lowest BCUT2D eigenvalue weighted by molar-refractivity contribution is -0.385. The van der Waals surface area contributed by atoms with Crippen LogP contribution < -0.4 is 10.1 Å². The van der Waals surface area contributed by atoms with Crippen LogP contribution in [0.3, 0.4) is 0 Å². The number of carbonyl (C=O) groups is 2. The fraction of sp³-hybridized carbons (Fsp3) is 0.440. The Morgan fingerprint density at radius 2 is 1.82 bits per heavy atom. The number of nitrogens with zero attached hydrogens (tertiary/aromatic N) is 2. The Bertz CT molecular complexity index is 970. The number of methoxy groups -OCH3 is 1. The number of amides is 2. The van der Waals surface area contributed by atoms with Crippen LogP contribution in [0.1, 0.15) is 50.2 Å². The third-order valence-corrected chi connectivity index (χ3v) is 6.13. The first kappa shape index (κ1) is 24.2. The molecule has 176 valence electrons. The predicted octanol–water partition coefficient (Wildman–Crippen LogP) is 4.01. The second-order valence-corrected chi connectivity index (χ2v) is 8.35. The number of nitro groups is 1. The van der Waals surface area contributed by atoms with Gasteiger partial charge in [-0.05, 0) is 37.0 Å². The zero-order valence-electron chi connectivity index (χ0n) is 19.2. The van der Waals surface area contributed by atoms with E-state index < -0.39 is 11.0 Å². The summed E-state index contributed by atoms with van der Waals surface area (Å²) >= 11 is 0. The molecule has 8 nitrogen and oxygen atoms in total. The van der Waals surface area contributed by atoms with E-state index in [4.69, 9.17) is 4.74 Å². The van der Waals surface area contributed by atoms with E-state index in [9.17, 15) is 19.7 Å². The van der Waals surface area contributed by atoms with Crippen LogP contribution in [-0.2, 0) is 22.6 Å². The molecule has 1 N–H and O–H groups in total. The van der Waals surface area contributed by atoms with Crippen LogP contribution in [0.25, 0.3) is 0 Å². The second-order valence-electron chi connectivity index (χ2n) is 8.35. The van der Waals surface area contributed by atoms with E-state index in [0.717, 1.165) is 31.2 Å². The minimum atomic E-state index is -0.664. The summed E-state index contributed by atoms with van der Waals surface area (Å²) in [4.78, 5) is 39.1. The van der Waals surface area contributed by atoms with Crippen molar-refractivity contribution in [3.8, 4) is 5.75 Å². The van der Waals surface area contributed by atoms with Crippen LogP contribution in [0.4, 0.5) is 5.69 Å². The molecule has 3 rings (SSSR count). The van der Waals surface area contributed by atoms with E-state index in [0.29, 0.717) is 17.7 Å². The molecule has 1 saturated carbocycles. The lowest BCUT2D eigenvalue weighted by Gasteiger charge is -2.31. The van der Waals surface area contributed by atoms with E-state index in [1.165, 1.54) is 6.07 Å². The summed E-state index contributed by atoms with van der Waals surface area (Å²) in [7, 11) is 1.58. The van der Waals surface area contributed by atoms with Gasteiger partial charge < -0.3 is 15.0 Å². The van der Waals surface area contributed by atoms with Crippen molar-refractivity contribution < 1.29 is 19.2 Å². The summed E-state index contributed by atoms with van der Waals surface area (Å²) in [5.41, 5.74) is 1.08. The standard InChI is InChI=1S/C25H31N3O5/c1-3-22(25(30)26-20-9-5-6-10-20)27(17-18-12-14-21(33-2)15-13-18)24(29)16-19-8-4-7-11-23(19)28(31)32/h4,7-8,11-15,20,22H,3,5-6,9-10,16-17H2,1-2H3,(H,26,30). The van der Waals surface area contributed by atoms with Gasteiger partial charge in [0.2, 0.25) is 11.8 Å². The van der Waals surface area contributed by atoms with Gasteiger partial charge in [-0.1, -0.05) is 50.1 Å². The van der Waals surface area contributed by atoms with Crippen LogP contribution >= 0.6 is 0 Å². The normalized spacial score (nSPS) is 14.5. The van der Waals surface area contributed by atoms with Gasteiger partial charge in [0.15, 0.2) is 0 Å². The van der Waals surface area contributed by atoms with Gasteiger partial charge in [-0.15, -0.1) is 0 Å². The molecule has 0 bridgehead atoms. The number of benzene rings is 2. The number of hydrogen-bond donors (Lipinski definition) is 1. The predicted molar refractivity (Wildman–Crippen MR) is 125 cm³/mol. The number of carbonyl (C=O) groups excluding carboxylic acids is 2. The molecule has 0 heterocycles. The zero-order chi connectivity index (χ0) is 23.8. The molecular formula is C25H31N3O5. The number of nitro benzene ring substituents is 1. The Morgan fingerprint density at radius 3 is 2.42 bits per heavy atom. The highest BCUT2D eigenvalue weighted by atomic mass is 16.6. The number of para-hydroxylation sites is 1. The lowest BCUT2D eigenvalue weighted by atomic mass is 10.0. The van der Waals surface area contributed by atoms with Crippen molar-refractivity contribution in [2.75, 3.05) is 7.11 Å². The Morgan fingerprint density at radius 1 is 1.15 bits per heavy atom. The Balaban J connectivity index is 1.86. The lowest BCUT2D eigenvalue weighted by Crippen LogP contribution is -2.51. The van der Waals surface area contributed by atoms with E-state index in [1.807, 2.05) is 19.1 Å². The van der Waals surface area contributed by atoms with Crippen LogP contribution in [-0.4, -0.2) is 40.8 Å². The number of nitrogens with one attached hydrogen (secondary N) is 1. The Labute approximate surface area is 194 Å². The van der Waals surface area contributed by atoms with Crippen LogP contribution in [0.5, 0.6) is 5.75 Å². The molecule has 1 fully saturated rings. The average molecular weight is 454 g/mol. The largest absolute Gasteiger partial charge is 0.497 e. The molecule has 2 amide bonds. The SMILES string of the molecule is CCC(C(=O)NC1CCCC1)N(Cc1ccc(OC)cc1)C(=O)Cc1ccccc1[N+](=O)[O-]. The van der Waals surface area contributed by atoms with E-state index in [-0.39, 0.29) is 36.5 Å². The summed E-state index contributed by atoms with van der Waals surface area (Å²) in [6.45, 7) is 2.10. The highest BCUT2D eigenvalue weighted by Gasteiger charge is 2.31. The summed E-state index contributed by atoms with van der Waals surface area (Å²) in [5.74, 6) is 0.199. The molecule has 1 unspecified atom stereocenters. The molecule has 8 heteroatoms. The van der Waals surface area contributed by atoms with Gasteiger partial charge in [0.25, 0.3) is 5.69 Å². The number of hydrogen-bond acceptors (Lipinski definition) is 5. The molecule has 0 spiro atoms. The topological polar surface area (TPSA) is 102 Å². The van der Waals surface area contributed by atoms with Gasteiger partial charge in [0.1, 0.15) is 11.8 Å². The fourth-order valence-corrected chi connectivity index (χ4v) is 4.32. The second kappa shape index (κ2) is 11.4. The van der Waals surface area contributed by atoms with Crippen molar-refractivity contribution >= 4 is 17.5 Å². The molecule has 1 aliphatic carbocycles. The monoisotopic (exact) mass is 453 g/mol. The van der Waals surface area contributed by atoms with Gasteiger partial charge in [-0.3, -0.25) is 19.7 Å². The summed E-state index contributed by atoms with van der Waals surface area (Å²) in [6.07, 6.45) is 4.37. The highest BCUT2D eigenvalue weighted by molar-refractivity contribution is 5.89. The molecule has 33 heavy (non-hydrogen) atoms. The minimum Gasteiger partial charge on any atom is -0.497 e. The average Bonchev–Trinajstić information content (AvgIpc) is 3.32. The quantitative estimate of drug-likeness (QED) is 0.433. The zero-order valence-corrected chi connectivity index (χ0v) is 19.2. The van der Waals surface area contributed by atoms with Gasteiger partial charge in [-0.25, -0.2) is 0 Å². The Hall–Kier alpha value is -3.42. The molecule has 0 saturated heterocycles. The smallest absolute Gasteiger partial charge is 0.273 e. The van der Waals surface area contributed by atoms with Crippen molar-refractivity contribution in [3.05, 3.63) is 69.8 Å². The highest BCUT2D eigenvalue weighted by Crippen LogP contribution is 2.23. The summed E-state index contributed by atoms with van der Waals surface area (Å²) in [5, 5.41) is 14.5. The third-order valence-electron chi connectivity index (χ3n) is 6.13. The maximum absolute atomic E-state index is 13.5. The first-order valence-electron chi connectivity index (χ1n) is 11.4. The van der Waals surface area contributed by atoms with Crippen molar-refractivity contribution in [2.45, 2.75) is 64.1 Å². The molecule has 1 aliphatic rings. The molecule has 0 aromatic heterocycles. The van der Waals surface area contributed by atoms with Crippen LogP contribution in [0.15, 0.2) is 48.5 Å². The first-order chi connectivity index (χ1) is 15.9. The van der Waals surface area contributed by atoms with Crippen molar-refractivity contribution in [2.24, 2.45) is 0 Å². The third kappa shape index (κ3) is 6.31. The molecule has 0 aliphatic heterocycles. The van der Waals surface area contributed by atoms with Gasteiger partial charge >= 0.3 is 0 Å². The van der Waals surface area contributed by atoms with Crippen LogP contribution in [0, 0.1) is 10.1 Å². The van der Waals surface area contributed by atoms with Crippen molar-refractivity contribution in [1.82, 2.24) is 10.2 Å². The molecule has 2 aromatic carbocycles. The maximum Gasteiger partial charge on any atom is 0.273 e. The van der Waals surface area contributed by atoms with E-state index >= 15 is 0 Å². The van der Waals surface area contributed by atoms with Crippen molar-refractivity contribution in [1.29, 1.82) is 0 Å². The van der Waals surface area contributed by atoms with Crippen molar-refractivity contribution in [3.63, 3.8) is 0 Å². The molecular weight excluding hydrogens is 422 g/mol. The van der Waals surface area contributed by atoms with Crippen LogP contribution in [0.2, 0.25) is 0 Å². The number of ether oxygens (including phenoxy) is 1. The number of rotatable bonds is 10. The van der Waals surface area contributed by atoms with Gasteiger partial charge in [0.05, 0.1) is 18.5 Å². The maximum atomic E-state index is 13.5. The molecule has 0 radical (unpaired) electrons. The summed E-state index contributed by atoms with van der Waals surface area (Å²) in [6, 6.07) is 13.0. The Kier molecular flexibility index (Phi) is 8.40. The van der Waals surface area contributed by atoms with Gasteiger partial charge in [-0.2, -0.15) is 0 Å². The van der Waals surface area contributed by atoms with Gasteiger partial charge in [0, 0.05) is 24.2 Å². The first-order valence-corrected chi connectivity index (χ1v) is 11.4. The minimum absolute atomic E-state index is 0.0984. The van der Waals surface area contributed by atoms with E-state index in [1.54, 1.807) is 42.3 Å². The molecule has 2 aromatic rings. The fourth-order valence-electron chi connectivity index (χ4n) is 4.32. The molecule has 1 atom stereocenters. The van der Waals surface area contributed by atoms with E-state index in [2.05, 4.69) is 5.32 Å². The summed E-state index contributed by atoms with van der Waals surface area (Å²) < 4.78 is 5.21.